The highest BCUT2D eigenvalue weighted by Crippen LogP contribution is 2.24. The summed E-state index contributed by atoms with van der Waals surface area (Å²) in [7, 11) is 0. The normalized spacial score (nSPS) is 16.5. The summed E-state index contributed by atoms with van der Waals surface area (Å²) in [6.45, 7) is 9.31. The van der Waals surface area contributed by atoms with Crippen LogP contribution in [0, 0.1) is 0 Å². The second-order valence-corrected chi connectivity index (χ2v) is 7.11. The summed E-state index contributed by atoms with van der Waals surface area (Å²) in [5, 5.41) is 3.07. The second-order valence-electron chi connectivity index (χ2n) is 6.20. The van der Waals surface area contributed by atoms with Crippen LogP contribution in [0.25, 0.3) is 0 Å². The molecule has 1 aliphatic heterocycles. The first-order chi connectivity index (χ1) is 10.5. The number of nitrogens with zero attached hydrogens (tertiary/aromatic N) is 1. The predicted octanol–water partition coefficient (Wildman–Crippen LogP) is 2.57. The maximum absolute atomic E-state index is 12.4. The van der Waals surface area contributed by atoms with Gasteiger partial charge in [0, 0.05) is 24.1 Å². The third-order valence-corrected chi connectivity index (χ3v) is 4.70. The average Bonchev–Trinajstić information content (AvgIpc) is 2.52. The summed E-state index contributed by atoms with van der Waals surface area (Å²) < 4.78 is 6.36. The van der Waals surface area contributed by atoms with Gasteiger partial charge in [0.2, 0.25) is 5.91 Å². The molecule has 4 nitrogen and oxygen atoms in total. The van der Waals surface area contributed by atoms with Crippen molar-refractivity contribution in [3.8, 4) is 0 Å². The number of carbonyl (C=O) groups is 1. The molecule has 1 N–H and O–H groups in total. The van der Waals surface area contributed by atoms with Crippen LogP contribution >= 0.6 is 15.9 Å². The Balaban J connectivity index is 1.76. The van der Waals surface area contributed by atoms with E-state index < -0.39 is 5.41 Å². The summed E-state index contributed by atoms with van der Waals surface area (Å²) in [6, 6.07) is 7.94. The molecular weight excluding hydrogens is 344 g/mol. The molecular formula is C17H25BrN2O2. The van der Waals surface area contributed by atoms with E-state index in [4.69, 9.17) is 4.74 Å². The van der Waals surface area contributed by atoms with E-state index in [-0.39, 0.29) is 5.91 Å². The van der Waals surface area contributed by atoms with Crippen molar-refractivity contribution >= 4 is 21.8 Å². The van der Waals surface area contributed by atoms with Gasteiger partial charge in [-0.25, -0.2) is 0 Å². The van der Waals surface area contributed by atoms with Crippen LogP contribution in [0.2, 0.25) is 0 Å². The molecule has 1 saturated heterocycles. The number of nitrogens with one attached hydrogen (secondary N) is 1. The molecule has 1 fully saturated rings. The molecule has 5 heteroatoms. The van der Waals surface area contributed by atoms with Gasteiger partial charge in [0.05, 0.1) is 18.6 Å². The second kappa shape index (κ2) is 8.09. The third kappa shape index (κ3) is 4.80. The van der Waals surface area contributed by atoms with E-state index in [1.165, 1.54) is 0 Å². The Hall–Kier alpha value is -0.910. The maximum atomic E-state index is 12.4. The summed E-state index contributed by atoms with van der Waals surface area (Å²) in [4.78, 5) is 14.8. The van der Waals surface area contributed by atoms with Gasteiger partial charge in [0.15, 0.2) is 0 Å². The SMILES string of the molecule is CC(C)(C(=O)NCCCN1CCOCC1)c1ccc(Br)cc1. The fourth-order valence-electron chi connectivity index (χ4n) is 2.55. The maximum Gasteiger partial charge on any atom is 0.230 e. The minimum Gasteiger partial charge on any atom is -0.379 e. The number of benzene rings is 1. The van der Waals surface area contributed by atoms with Crippen LogP contribution in [-0.4, -0.2) is 50.2 Å². The number of amides is 1. The minimum atomic E-state index is -0.514. The molecule has 122 valence electrons. The quantitative estimate of drug-likeness (QED) is 0.784. The Bertz CT molecular complexity index is 482. The van der Waals surface area contributed by atoms with Gasteiger partial charge >= 0.3 is 0 Å². The van der Waals surface area contributed by atoms with Crippen LogP contribution in [0.4, 0.5) is 0 Å². The Morgan fingerprint density at radius 2 is 1.91 bits per heavy atom. The van der Waals surface area contributed by atoms with E-state index >= 15 is 0 Å². The highest BCUT2D eigenvalue weighted by atomic mass is 79.9. The molecule has 22 heavy (non-hydrogen) atoms. The molecule has 2 rings (SSSR count). The summed E-state index contributed by atoms with van der Waals surface area (Å²) in [6.07, 6.45) is 0.974. The molecule has 0 atom stereocenters. The van der Waals surface area contributed by atoms with E-state index in [0.29, 0.717) is 0 Å². The number of rotatable bonds is 6. The van der Waals surface area contributed by atoms with Gasteiger partial charge in [-0.1, -0.05) is 28.1 Å². The lowest BCUT2D eigenvalue weighted by atomic mass is 9.84. The van der Waals surface area contributed by atoms with E-state index in [0.717, 1.165) is 55.8 Å². The van der Waals surface area contributed by atoms with Crippen LogP contribution in [-0.2, 0) is 14.9 Å². The highest BCUT2D eigenvalue weighted by Gasteiger charge is 2.29. The number of carbonyl (C=O) groups excluding carboxylic acids is 1. The van der Waals surface area contributed by atoms with Gasteiger partial charge in [-0.3, -0.25) is 9.69 Å². The molecule has 0 aromatic heterocycles. The monoisotopic (exact) mass is 368 g/mol. The average molecular weight is 369 g/mol. The van der Waals surface area contributed by atoms with E-state index in [1.807, 2.05) is 38.1 Å². The standard InChI is InChI=1S/C17H25BrN2O2/c1-17(2,14-4-6-15(18)7-5-14)16(21)19-8-3-9-20-10-12-22-13-11-20/h4-7H,3,8-13H2,1-2H3,(H,19,21). The van der Waals surface area contributed by atoms with Gasteiger partial charge in [0.25, 0.3) is 0 Å². The van der Waals surface area contributed by atoms with Crippen molar-refractivity contribution < 1.29 is 9.53 Å². The minimum absolute atomic E-state index is 0.0804. The van der Waals surface area contributed by atoms with Crippen molar-refractivity contribution in [1.29, 1.82) is 0 Å². The first kappa shape index (κ1) is 17.4. The molecule has 0 bridgehead atoms. The van der Waals surface area contributed by atoms with Gasteiger partial charge in [-0.15, -0.1) is 0 Å². The van der Waals surface area contributed by atoms with Crippen molar-refractivity contribution in [2.75, 3.05) is 39.4 Å². The molecule has 1 aromatic carbocycles. The zero-order valence-corrected chi connectivity index (χ0v) is 15.0. The topological polar surface area (TPSA) is 41.6 Å². The highest BCUT2D eigenvalue weighted by molar-refractivity contribution is 9.10. The molecule has 1 aliphatic rings. The third-order valence-electron chi connectivity index (χ3n) is 4.17. The van der Waals surface area contributed by atoms with E-state index in [2.05, 4.69) is 26.1 Å². The fourth-order valence-corrected chi connectivity index (χ4v) is 2.81. The Kier molecular flexibility index (Phi) is 6.41. The van der Waals surface area contributed by atoms with Crippen LogP contribution in [0.15, 0.2) is 28.7 Å². The number of ether oxygens (including phenoxy) is 1. The van der Waals surface area contributed by atoms with Crippen molar-refractivity contribution in [2.45, 2.75) is 25.7 Å². The van der Waals surface area contributed by atoms with Crippen LogP contribution in [0.5, 0.6) is 0 Å². The van der Waals surface area contributed by atoms with Gasteiger partial charge in [0.1, 0.15) is 0 Å². The molecule has 0 radical (unpaired) electrons. The van der Waals surface area contributed by atoms with Crippen LogP contribution in [0.1, 0.15) is 25.8 Å². The number of halogens is 1. The zero-order chi connectivity index (χ0) is 16.0. The molecule has 1 amide bonds. The predicted molar refractivity (Wildman–Crippen MR) is 92.1 cm³/mol. The van der Waals surface area contributed by atoms with Crippen molar-refractivity contribution in [3.05, 3.63) is 34.3 Å². The lowest BCUT2D eigenvalue weighted by Gasteiger charge is -2.27. The number of morpholine rings is 1. The van der Waals surface area contributed by atoms with E-state index in [9.17, 15) is 4.79 Å². The van der Waals surface area contributed by atoms with Gasteiger partial charge in [-0.05, 0) is 44.5 Å². The number of hydrogen-bond donors (Lipinski definition) is 1. The molecule has 1 aromatic rings. The first-order valence-corrected chi connectivity index (χ1v) is 8.64. The Morgan fingerprint density at radius 3 is 2.55 bits per heavy atom. The first-order valence-electron chi connectivity index (χ1n) is 7.84. The van der Waals surface area contributed by atoms with Crippen molar-refractivity contribution in [2.24, 2.45) is 0 Å². The summed E-state index contributed by atoms with van der Waals surface area (Å²) in [5.74, 6) is 0.0804. The smallest absolute Gasteiger partial charge is 0.230 e. The van der Waals surface area contributed by atoms with Crippen molar-refractivity contribution in [1.82, 2.24) is 10.2 Å². The lowest BCUT2D eigenvalue weighted by molar-refractivity contribution is -0.125. The largest absolute Gasteiger partial charge is 0.379 e. The van der Waals surface area contributed by atoms with Gasteiger partial charge < -0.3 is 10.1 Å². The number of hydrogen-bond acceptors (Lipinski definition) is 3. The molecule has 0 unspecified atom stereocenters. The van der Waals surface area contributed by atoms with Crippen molar-refractivity contribution in [3.63, 3.8) is 0 Å². The van der Waals surface area contributed by atoms with Crippen LogP contribution in [0.3, 0.4) is 0 Å². The molecule has 0 spiro atoms. The molecule has 0 saturated carbocycles. The molecule has 0 aliphatic carbocycles. The molecule has 1 heterocycles. The summed E-state index contributed by atoms with van der Waals surface area (Å²) in [5.41, 5.74) is 0.515. The van der Waals surface area contributed by atoms with E-state index in [1.54, 1.807) is 0 Å². The zero-order valence-electron chi connectivity index (χ0n) is 13.4. The summed E-state index contributed by atoms with van der Waals surface area (Å²) >= 11 is 3.42. The Morgan fingerprint density at radius 1 is 1.27 bits per heavy atom. The lowest BCUT2D eigenvalue weighted by Crippen LogP contribution is -2.42. The fraction of sp³-hybridized carbons (Fsp3) is 0.588. The Labute approximate surface area is 141 Å². The van der Waals surface area contributed by atoms with Gasteiger partial charge in [-0.2, -0.15) is 0 Å². The van der Waals surface area contributed by atoms with Crippen LogP contribution < -0.4 is 5.32 Å².